The van der Waals surface area contributed by atoms with Crippen molar-refractivity contribution < 1.29 is 4.92 Å². The van der Waals surface area contributed by atoms with Gasteiger partial charge in [0.1, 0.15) is 0 Å². The molecule has 0 saturated carbocycles. The van der Waals surface area contributed by atoms with Crippen LogP contribution in [0.1, 0.15) is 0 Å². The van der Waals surface area contributed by atoms with Crippen LogP contribution in [-0.4, -0.2) is 20.2 Å². The molecular weight excluding hydrogens is 250 g/mol. The second-order valence-corrected chi connectivity index (χ2v) is 4.39. The van der Waals surface area contributed by atoms with Crippen molar-refractivity contribution in [2.45, 2.75) is 11.7 Å². The minimum Gasteiger partial charge on any atom is -0.318 e. The van der Waals surface area contributed by atoms with Gasteiger partial charge in [0.2, 0.25) is 0 Å². The van der Waals surface area contributed by atoms with Gasteiger partial charge in [0.15, 0.2) is 5.16 Å². The van der Waals surface area contributed by atoms with E-state index in [9.17, 15) is 10.1 Å². The molecular formula is C9H8ClN3O2S. The summed E-state index contributed by atoms with van der Waals surface area (Å²) in [5.74, 6) is 1.04. The van der Waals surface area contributed by atoms with Crippen molar-refractivity contribution in [2.75, 3.05) is 5.75 Å². The lowest BCUT2D eigenvalue weighted by molar-refractivity contribution is -0.384. The maximum Gasteiger partial charge on any atom is 0.271 e. The largest absolute Gasteiger partial charge is 0.318 e. The van der Waals surface area contributed by atoms with Gasteiger partial charge in [0.05, 0.1) is 16.0 Å². The lowest BCUT2D eigenvalue weighted by Gasteiger charge is -1.96. The molecule has 5 nitrogen and oxygen atoms in total. The smallest absolute Gasteiger partial charge is 0.271 e. The number of hydrogen-bond acceptors (Lipinski definition) is 4. The lowest BCUT2D eigenvalue weighted by Crippen LogP contribution is -1.93. The number of imidazole rings is 1. The van der Waals surface area contributed by atoms with E-state index in [1.54, 1.807) is 17.8 Å². The van der Waals surface area contributed by atoms with Gasteiger partial charge in [-0.1, -0.05) is 11.8 Å². The molecule has 0 unspecified atom stereocenters. The summed E-state index contributed by atoms with van der Waals surface area (Å²) in [6.07, 6.45) is 0. The van der Waals surface area contributed by atoms with E-state index in [1.165, 1.54) is 12.1 Å². The first-order valence-electron chi connectivity index (χ1n) is 4.53. The standard InChI is InChI=1S/C9H7N3O2S.ClH/c13-12(14)6-1-2-8-7(5-6)10-9-11(8)3-4-15-9;/h1-2,5H,3-4H2;1H. The maximum absolute atomic E-state index is 10.6. The number of benzene rings is 1. The molecule has 0 amide bonds. The van der Waals surface area contributed by atoms with E-state index in [2.05, 4.69) is 9.55 Å². The molecule has 1 aromatic carbocycles. The molecule has 0 spiro atoms. The first kappa shape index (κ1) is 11.2. The van der Waals surface area contributed by atoms with E-state index >= 15 is 0 Å². The fourth-order valence-electron chi connectivity index (χ4n) is 1.76. The molecule has 1 aliphatic heterocycles. The Hall–Kier alpha value is -1.27. The van der Waals surface area contributed by atoms with Gasteiger partial charge in [-0.25, -0.2) is 4.98 Å². The highest BCUT2D eigenvalue weighted by Gasteiger charge is 2.18. The van der Waals surface area contributed by atoms with Crippen LogP contribution in [-0.2, 0) is 6.54 Å². The van der Waals surface area contributed by atoms with Crippen molar-refractivity contribution in [1.82, 2.24) is 9.55 Å². The van der Waals surface area contributed by atoms with Crippen LogP contribution in [0.25, 0.3) is 11.0 Å². The summed E-state index contributed by atoms with van der Waals surface area (Å²) < 4.78 is 2.10. The van der Waals surface area contributed by atoms with Gasteiger partial charge in [-0.2, -0.15) is 0 Å². The molecule has 0 aliphatic carbocycles. The molecule has 0 atom stereocenters. The monoisotopic (exact) mass is 257 g/mol. The summed E-state index contributed by atoms with van der Waals surface area (Å²) in [5, 5.41) is 11.5. The van der Waals surface area contributed by atoms with Crippen LogP contribution in [0.5, 0.6) is 0 Å². The van der Waals surface area contributed by atoms with Gasteiger partial charge in [0.25, 0.3) is 5.69 Å². The molecule has 0 bridgehead atoms. The van der Waals surface area contributed by atoms with E-state index in [0.717, 1.165) is 23.0 Å². The predicted octanol–water partition coefficient (Wildman–Crippen LogP) is 2.47. The Labute approximate surface area is 101 Å². The third-order valence-electron chi connectivity index (χ3n) is 2.45. The maximum atomic E-state index is 10.6. The Kier molecular flexibility index (Phi) is 2.77. The van der Waals surface area contributed by atoms with E-state index in [1.807, 2.05) is 0 Å². The first-order valence-corrected chi connectivity index (χ1v) is 5.52. The highest BCUT2D eigenvalue weighted by molar-refractivity contribution is 7.99. The summed E-state index contributed by atoms with van der Waals surface area (Å²) in [6, 6.07) is 4.83. The number of hydrogen-bond donors (Lipinski definition) is 0. The normalized spacial score (nSPS) is 13.5. The van der Waals surface area contributed by atoms with Crippen LogP contribution in [0, 0.1) is 10.1 Å². The van der Waals surface area contributed by atoms with E-state index in [0.29, 0.717) is 5.52 Å². The van der Waals surface area contributed by atoms with Crippen molar-refractivity contribution >= 4 is 40.9 Å². The van der Waals surface area contributed by atoms with Crippen LogP contribution >= 0.6 is 24.2 Å². The number of rotatable bonds is 1. The number of nitro benzene ring substituents is 1. The van der Waals surface area contributed by atoms with Crippen LogP contribution < -0.4 is 0 Å². The van der Waals surface area contributed by atoms with Gasteiger partial charge < -0.3 is 4.57 Å². The Bertz CT molecular complexity index is 569. The average Bonchev–Trinajstić information content (AvgIpc) is 2.75. The molecule has 3 rings (SSSR count). The zero-order valence-corrected chi connectivity index (χ0v) is 9.75. The second kappa shape index (κ2) is 3.95. The predicted molar refractivity (Wildman–Crippen MR) is 64.4 cm³/mol. The van der Waals surface area contributed by atoms with Gasteiger partial charge in [-0.05, 0) is 6.07 Å². The van der Waals surface area contributed by atoms with Crippen LogP contribution in [0.4, 0.5) is 5.69 Å². The third-order valence-corrected chi connectivity index (χ3v) is 3.41. The van der Waals surface area contributed by atoms with E-state index < -0.39 is 4.92 Å². The number of aryl methyl sites for hydroxylation is 1. The molecule has 16 heavy (non-hydrogen) atoms. The molecule has 2 heterocycles. The zero-order chi connectivity index (χ0) is 10.4. The molecule has 0 N–H and O–H groups in total. The van der Waals surface area contributed by atoms with Crippen molar-refractivity contribution in [3.8, 4) is 0 Å². The Morgan fingerprint density at radius 2 is 2.31 bits per heavy atom. The Morgan fingerprint density at radius 1 is 1.50 bits per heavy atom. The Balaban J connectivity index is 0.000000963. The van der Waals surface area contributed by atoms with Gasteiger partial charge in [-0.15, -0.1) is 12.4 Å². The van der Waals surface area contributed by atoms with Gasteiger partial charge in [0, 0.05) is 24.4 Å². The SMILES string of the molecule is Cl.O=[N+]([O-])c1ccc2c(c1)nc1n2CCS1. The third kappa shape index (κ3) is 1.54. The number of thioether (sulfide) groups is 1. The van der Waals surface area contributed by atoms with Crippen LogP contribution in [0.15, 0.2) is 23.4 Å². The first-order chi connectivity index (χ1) is 7.25. The topological polar surface area (TPSA) is 61.0 Å². The highest BCUT2D eigenvalue weighted by atomic mass is 35.5. The number of non-ortho nitro benzene ring substituents is 1. The van der Waals surface area contributed by atoms with Gasteiger partial charge >= 0.3 is 0 Å². The minimum atomic E-state index is -0.392. The van der Waals surface area contributed by atoms with Crippen molar-refractivity contribution in [2.24, 2.45) is 0 Å². The molecule has 1 aliphatic rings. The van der Waals surface area contributed by atoms with Crippen molar-refractivity contribution in [1.29, 1.82) is 0 Å². The number of fused-ring (bicyclic) bond motifs is 3. The van der Waals surface area contributed by atoms with Gasteiger partial charge in [-0.3, -0.25) is 10.1 Å². The quantitative estimate of drug-likeness (QED) is 0.582. The highest BCUT2D eigenvalue weighted by Crippen LogP contribution is 2.31. The molecule has 0 saturated heterocycles. The van der Waals surface area contributed by atoms with Crippen LogP contribution in [0.2, 0.25) is 0 Å². The molecule has 7 heteroatoms. The summed E-state index contributed by atoms with van der Waals surface area (Å²) in [7, 11) is 0. The lowest BCUT2D eigenvalue weighted by atomic mass is 10.3. The summed E-state index contributed by atoms with van der Waals surface area (Å²) in [4.78, 5) is 14.6. The number of nitro groups is 1. The summed E-state index contributed by atoms with van der Waals surface area (Å²) >= 11 is 1.69. The fraction of sp³-hybridized carbons (Fsp3) is 0.222. The number of nitrogens with zero attached hydrogens (tertiary/aromatic N) is 3. The molecule has 2 aromatic rings. The Morgan fingerprint density at radius 3 is 3.06 bits per heavy atom. The van der Waals surface area contributed by atoms with Crippen molar-refractivity contribution in [3.05, 3.63) is 28.3 Å². The molecule has 84 valence electrons. The number of aromatic nitrogens is 2. The van der Waals surface area contributed by atoms with Crippen molar-refractivity contribution in [3.63, 3.8) is 0 Å². The second-order valence-electron chi connectivity index (χ2n) is 3.32. The van der Waals surface area contributed by atoms with E-state index in [-0.39, 0.29) is 18.1 Å². The van der Waals surface area contributed by atoms with Crippen LogP contribution in [0.3, 0.4) is 0 Å². The molecule has 0 radical (unpaired) electrons. The minimum absolute atomic E-state index is 0. The fourth-order valence-corrected chi connectivity index (χ4v) is 2.73. The van der Waals surface area contributed by atoms with E-state index in [4.69, 9.17) is 0 Å². The number of halogens is 1. The molecule has 0 fully saturated rings. The summed E-state index contributed by atoms with van der Waals surface area (Å²) in [5.41, 5.74) is 1.80. The zero-order valence-electron chi connectivity index (χ0n) is 8.12. The average molecular weight is 258 g/mol. The molecule has 1 aromatic heterocycles. The summed E-state index contributed by atoms with van der Waals surface area (Å²) in [6.45, 7) is 0.939.